The van der Waals surface area contributed by atoms with Crippen LogP contribution in [0.2, 0.25) is 0 Å². The second-order valence-corrected chi connectivity index (χ2v) is 4.48. The van der Waals surface area contributed by atoms with Crippen molar-refractivity contribution >= 4 is 12.0 Å². The number of esters is 1. The molecular weight excluding hydrogens is 236 g/mol. The molecule has 0 saturated heterocycles. The van der Waals surface area contributed by atoms with Crippen molar-refractivity contribution in [1.82, 2.24) is 0 Å². The van der Waals surface area contributed by atoms with E-state index in [-0.39, 0.29) is 5.97 Å². The van der Waals surface area contributed by atoms with E-state index in [1.165, 1.54) is 0 Å². The Bertz CT molecular complexity index is 610. The zero-order valence-corrected chi connectivity index (χ0v) is 11.1. The van der Waals surface area contributed by atoms with Crippen molar-refractivity contribution in [2.24, 2.45) is 0 Å². The van der Waals surface area contributed by atoms with Gasteiger partial charge < -0.3 is 4.74 Å². The van der Waals surface area contributed by atoms with Gasteiger partial charge >= 0.3 is 5.97 Å². The van der Waals surface area contributed by atoms with Crippen molar-refractivity contribution < 1.29 is 9.53 Å². The Labute approximate surface area is 113 Å². The summed E-state index contributed by atoms with van der Waals surface area (Å²) in [5.74, 6) is 0.212. The SMILES string of the molecule is C=Cc1ccc(C(=O)Oc2ccc(C)cc2)cc1C. The van der Waals surface area contributed by atoms with E-state index in [0.717, 1.165) is 16.7 Å². The van der Waals surface area contributed by atoms with E-state index in [9.17, 15) is 4.79 Å². The zero-order chi connectivity index (χ0) is 13.8. The maximum absolute atomic E-state index is 12.0. The quantitative estimate of drug-likeness (QED) is 0.605. The second-order valence-electron chi connectivity index (χ2n) is 4.48. The Morgan fingerprint density at radius 1 is 1.11 bits per heavy atom. The molecule has 0 aromatic heterocycles. The van der Waals surface area contributed by atoms with Gasteiger partial charge in [0.1, 0.15) is 5.75 Å². The van der Waals surface area contributed by atoms with Crippen molar-refractivity contribution in [3.05, 3.63) is 71.3 Å². The molecule has 19 heavy (non-hydrogen) atoms. The summed E-state index contributed by atoms with van der Waals surface area (Å²) in [5.41, 5.74) is 3.70. The van der Waals surface area contributed by atoms with Crippen LogP contribution in [0.1, 0.15) is 27.0 Å². The summed E-state index contributed by atoms with van der Waals surface area (Å²) in [6, 6.07) is 12.8. The highest BCUT2D eigenvalue weighted by atomic mass is 16.5. The minimum atomic E-state index is -0.345. The number of rotatable bonds is 3. The second kappa shape index (κ2) is 5.53. The minimum absolute atomic E-state index is 0.345. The van der Waals surface area contributed by atoms with Crippen LogP contribution in [0.4, 0.5) is 0 Å². The molecule has 0 aliphatic carbocycles. The summed E-state index contributed by atoms with van der Waals surface area (Å²) in [7, 11) is 0. The number of benzene rings is 2. The summed E-state index contributed by atoms with van der Waals surface area (Å²) in [6.45, 7) is 7.66. The van der Waals surface area contributed by atoms with Gasteiger partial charge in [-0.2, -0.15) is 0 Å². The summed E-state index contributed by atoms with van der Waals surface area (Å²) in [6.07, 6.45) is 1.77. The molecule has 0 aliphatic heterocycles. The molecule has 0 bridgehead atoms. The Morgan fingerprint density at radius 3 is 2.37 bits per heavy atom. The summed E-state index contributed by atoms with van der Waals surface area (Å²) >= 11 is 0. The molecule has 0 spiro atoms. The van der Waals surface area contributed by atoms with E-state index >= 15 is 0 Å². The monoisotopic (exact) mass is 252 g/mol. The Kier molecular flexibility index (Phi) is 3.81. The average Bonchev–Trinajstić information content (AvgIpc) is 2.41. The van der Waals surface area contributed by atoms with Gasteiger partial charge in [-0.3, -0.25) is 0 Å². The van der Waals surface area contributed by atoms with E-state index in [1.54, 1.807) is 24.3 Å². The first kappa shape index (κ1) is 13.1. The third-order valence-electron chi connectivity index (χ3n) is 2.96. The van der Waals surface area contributed by atoms with Gasteiger partial charge in [0.2, 0.25) is 0 Å². The first-order chi connectivity index (χ1) is 9.10. The van der Waals surface area contributed by atoms with Gasteiger partial charge in [-0.15, -0.1) is 0 Å². The molecule has 0 heterocycles. The molecule has 96 valence electrons. The number of ether oxygens (including phenoxy) is 1. The van der Waals surface area contributed by atoms with E-state index in [0.29, 0.717) is 11.3 Å². The largest absolute Gasteiger partial charge is 0.423 e. The summed E-state index contributed by atoms with van der Waals surface area (Å²) < 4.78 is 5.32. The van der Waals surface area contributed by atoms with Crippen molar-refractivity contribution in [3.63, 3.8) is 0 Å². The Hall–Kier alpha value is -2.35. The molecule has 0 aliphatic rings. The van der Waals surface area contributed by atoms with Crippen LogP contribution in [0.5, 0.6) is 5.75 Å². The van der Waals surface area contributed by atoms with Crippen molar-refractivity contribution in [2.45, 2.75) is 13.8 Å². The maximum atomic E-state index is 12.0. The molecule has 2 nitrogen and oxygen atoms in total. The third-order valence-corrected chi connectivity index (χ3v) is 2.96. The van der Waals surface area contributed by atoms with Crippen molar-refractivity contribution in [2.75, 3.05) is 0 Å². The molecule has 0 N–H and O–H groups in total. The topological polar surface area (TPSA) is 26.3 Å². The first-order valence-electron chi connectivity index (χ1n) is 6.12. The van der Waals surface area contributed by atoms with Gasteiger partial charge in [-0.1, -0.05) is 36.4 Å². The van der Waals surface area contributed by atoms with E-state index in [4.69, 9.17) is 4.74 Å². The standard InChI is InChI=1S/C17H16O2/c1-4-14-7-8-15(11-13(14)3)17(18)19-16-9-5-12(2)6-10-16/h4-11H,1H2,2-3H3. The van der Waals surface area contributed by atoms with Crippen LogP contribution in [0.25, 0.3) is 6.08 Å². The van der Waals surface area contributed by atoms with Crippen LogP contribution in [0, 0.1) is 13.8 Å². The Morgan fingerprint density at radius 2 is 1.79 bits per heavy atom. The lowest BCUT2D eigenvalue weighted by molar-refractivity contribution is 0.0734. The van der Waals surface area contributed by atoms with Crippen LogP contribution in [-0.4, -0.2) is 5.97 Å². The van der Waals surface area contributed by atoms with E-state index in [1.807, 2.05) is 38.1 Å². The van der Waals surface area contributed by atoms with Crippen LogP contribution in [-0.2, 0) is 0 Å². The van der Waals surface area contributed by atoms with Gasteiger partial charge in [0, 0.05) is 0 Å². The van der Waals surface area contributed by atoms with Gasteiger partial charge in [0.05, 0.1) is 5.56 Å². The summed E-state index contributed by atoms with van der Waals surface area (Å²) in [5, 5.41) is 0. The molecule has 0 fully saturated rings. The molecule has 0 unspecified atom stereocenters. The molecule has 2 rings (SSSR count). The van der Waals surface area contributed by atoms with Crippen LogP contribution >= 0.6 is 0 Å². The fraction of sp³-hybridized carbons (Fsp3) is 0.118. The van der Waals surface area contributed by atoms with Crippen LogP contribution in [0.15, 0.2) is 49.0 Å². The number of carbonyl (C=O) groups is 1. The first-order valence-corrected chi connectivity index (χ1v) is 6.12. The lowest BCUT2D eigenvalue weighted by atomic mass is 10.1. The molecule has 0 atom stereocenters. The molecule has 0 saturated carbocycles. The maximum Gasteiger partial charge on any atom is 0.343 e. The molecule has 2 aromatic carbocycles. The van der Waals surface area contributed by atoms with E-state index in [2.05, 4.69) is 6.58 Å². The van der Waals surface area contributed by atoms with Gasteiger partial charge in [0.25, 0.3) is 0 Å². The number of carbonyl (C=O) groups excluding carboxylic acids is 1. The van der Waals surface area contributed by atoms with Gasteiger partial charge in [-0.25, -0.2) is 4.79 Å². The highest BCUT2D eigenvalue weighted by molar-refractivity contribution is 5.91. The number of hydrogen-bond donors (Lipinski definition) is 0. The van der Waals surface area contributed by atoms with Crippen LogP contribution < -0.4 is 4.74 Å². The van der Waals surface area contributed by atoms with Gasteiger partial charge in [-0.05, 0) is 49.2 Å². The predicted octanol–water partition coefficient (Wildman–Crippen LogP) is 4.17. The third kappa shape index (κ3) is 3.10. The smallest absolute Gasteiger partial charge is 0.343 e. The normalized spacial score (nSPS) is 10.0. The van der Waals surface area contributed by atoms with Crippen molar-refractivity contribution in [3.8, 4) is 5.75 Å². The molecule has 0 radical (unpaired) electrons. The number of hydrogen-bond acceptors (Lipinski definition) is 2. The zero-order valence-electron chi connectivity index (χ0n) is 11.1. The Balaban J connectivity index is 2.18. The molecule has 0 amide bonds. The van der Waals surface area contributed by atoms with Crippen LogP contribution in [0.3, 0.4) is 0 Å². The highest BCUT2D eigenvalue weighted by Crippen LogP contribution is 2.16. The molecule has 2 aromatic rings. The molecular formula is C17H16O2. The fourth-order valence-corrected chi connectivity index (χ4v) is 1.80. The minimum Gasteiger partial charge on any atom is -0.423 e. The number of aryl methyl sites for hydroxylation is 2. The summed E-state index contributed by atoms with van der Waals surface area (Å²) in [4.78, 5) is 12.0. The average molecular weight is 252 g/mol. The lowest BCUT2D eigenvalue weighted by Crippen LogP contribution is -2.08. The van der Waals surface area contributed by atoms with Crippen molar-refractivity contribution in [1.29, 1.82) is 0 Å². The van der Waals surface area contributed by atoms with Gasteiger partial charge in [0.15, 0.2) is 0 Å². The highest BCUT2D eigenvalue weighted by Gasteiger charge is 2.09. The lowest BCUT2D eigenvalue weighted by Gasteiger charge is -2.06. The predicted molar refractivity (Wildman–Crippen MR) is 77.4 cm³/mol. The fourth-order valence-electron chi connectivity index (χ4n) is 1.80. The van der Waals surface area contributed by atoms with E-state index < -0.39 is 0 Å². The molecule has 2 heteroatoms.